The van der Waals surface area contributed by atoms with Gasteiger partial charge in [0.05, 0.1) is 11.5 Å². The molecular weight excluding hydrogens is 345 g/mol. The molecule has 0 spiro atoms. The molecular formula is C16H22F3O4S-. The minimum atomic E-state index is -4.44. The summed E-state index contributed by atoms with van der Waals surface area (Å²) in [4.78, 5) is -0.291. The Balaban J connectivity index is 2.03. The molecule has 0 aliphatic carbocycles. The van der Waals surface area contributed by atoms with Crippen molar-refractivity contribution in [2.24, 2.45) is 0 Å². The molecule has 0 saturated heterocycles. The lowest BCUT2D eigenvalue weighted by atomic mass is 10.1. The molecule has 0 saturated carbocycles. The van der Waals surface area contributed by atoms with Crippen molar-refractivity contribution in [1.82, 2.24) is 0 Å². The fourth-order valence-corrected chi connectivity index (χ4v) is 2.67. The summed E-state index contributed by atoms with van der Waals surface area (Å²) in [5.74, 6) is 0.495. The van der Waals surface area contributed by atoms with Crippen LogP contribution < -0.4 is 4.74 Å². The molecule has 0 amide bonds. The maximum Gasteiger partial charge on any atom is 0.389 e. The predicted octanol–water partition coefficient (Wildman–Crippen LogP) is 4.65. The van der Waals surface area contributed by atoms with Crippen LogP contribution in [0.5, 0.6) is 5.75 Å². The molecule has 0 fully saturated rings. The number of rotatable bonds is 11. The maximum absolute atomic E-state index is 11.9. The lowest BCUT2D eigenvalue weighted by Crippen LogP contribution is -2.06. The molecule has 1 rings (SSSR count). The molecule has 24 heavy (non-hydrogen) atoms. The van der Waals surface area contributed by atoms with E-state index in [2.05, 4.69) is 0 Å². The molecule has 0 aliphatic heterocycles. The summed E-state index contributed by atoms with van der Waals surface area (Å²) in [6.07, 6.45) is 0.447. The van der Waals surface area contributed by atoms with E-state index < -0.39 is 22.7 Å². The van der Waals surface area contributed by atoms with Gasteiger partial charge in [0.25, 0.3) is 0 Å². The normalized spacial score (nSPS) is 12.3. The molecule has 1 aromatic carbocycles. The van der Waals surface area contributed by atoms with Crippen molar-refractivity contribution in [2.45, 2.75) is 62.4 Å². The highest BCUT2D eigenvalue weighted by atomic mass is 32.2. The standard InChI is InChI=1S/C16H23F3O4S/c17-16(18,19)12-6-4-2-1-3-5-7-13-23-14-8-10-15(11-9-14)24(20,21)22/h8-11H,1-7,12-13H2,(H,20,21,22)/p-1. The zero-order valence-electron chi connectivity index (χ0n) is 13.3. The number of alkyl halides is 3. The van der Waals surface area contributed by atoms with Gasteiger partial charge in [-0.15, -0.1) is 0 Å². The van der Waals surface area contributed by atoms with Crippen LogP contribution in [-0.4, -0.2) is 25.8 Å². The van der Waals surface area contributed by atoms with Crippen molar-refractivity contribution < 1.29 is 30.9 Å². The molecule has 4 nitrogen and oxygen atoms in total. The van der Waals surface area contributed by atoms with Gasteiger partial charge >= 0.3 is 6.18 Å². The maximum atomic E-state index is 11.9. The Kier molecular flexibility index (Phi) is 8.55. The highest BCUT2D eigenvalue weighted by Crippen LogP contribution is 2.23. The smallest absolute Gasteiger partial charge is 0.389 e. The molecule has 0 radical (unpaired) electrons. The molecule has 138 valence electrons. The van der Waals surface area contributed by atoms with Crippen LogP contribution in [-0.2, 0) is 10.1 Å². The predicted molar refractivity (Wildman–Crippen MR) is 82.9 cm³/mol. The quantitative estimate of drug-likeness (QED) is 0.422. The van der Waals surface area contributed by atoms with Crippen LogP contribution in [0.2, 0.25) is 0 Å². The van der Waals surface area contributed by atoms with E-state index in [1.807, 2.05) is 0 Å². The summed E-state index contributed by atoms with van der Waals surface area (Å²) in [7, 11) is -4.44. The number of ether oxygens (including phenoxy) is 1. The van der Waals surface area contributed by atoms with Crippen molar-refractivity contribution in [1.29, 1.82) is 0 Å². The Bertz CT molecular complexity index is 568. The molecule has 0 heterocycles. The van der Waals surface area contributed by atoms with Gasteiger partial charge in [-0.05, 0) is 37.1 Å². The molecule has 0 aromatic heterocycles. The lowest BCUT2D eigenvalue weighted by Gasteiger charge is -2.09. The first kappa shape index (κ1) is 20.8. The summed E-state index contributed by atoms with van der Waals surface area (Å²) in [6.45, 7) is 0.470. The highest BCUT2D eigenvalue weighted by molar-refractivity contribution is 7.85. The van der Waals surface area contributed by atoms with E-state index in [1.165, 1.54) is 24.3 Å². The van der Waals surface area contributed by atoms with Gasteiger partial charge in [0, 0.05) is 6.42 Å². The summed E-state index contributed by atoms with van der Waals surface area (Å²) < 4.78 is 73.5. The lowest BCUT2D eigenvalue weighted by molar-refractivity contribution is -0.135. The van der Waals surface area contributed by atoms with Gasteiger partial charge in [-0.3, -0.25) is 0 Å². The second kappa shape index (κ2) is 9.88. The van der Waals surface area contributed by atoms with Crippen LogP contribution in [0, 0.1) is 0 Å². The molecule has 8 heteroatoms. The average molecular weight is 367 g/mol. The van der Waals surface area contributed by atoms with Crippen LogP contribution in [0.15, 0.2) is 29.2 Å². The van der Waals surface area contributed by atoms with Crippen molar-refractivity contribution in [3.63, 3.8) is 0 Å². The van der Waals surface area contributed by atoms with E-state index in [1.54, 1.807) is 0 Å². The molecule has 0 bridgehead atoms. The van der Waals surface area contributed by atoms with Crippen LogP contribution in [0.25, 0.3) is 0 Å². The molecule has 0 unspecified atom stereocenters. The number of unbranched alkanes of at least 4 members (excludes halogenated alkanes) is 6. The Labute approximate surface area is 140 Å². The zero-order valence-corrected chi connectivity index (χ0v) is 14.2. The number of benzene rings is 1. The van der Waals surface area contributed by atoms with E-state index in [-0.39, 0.29) is 11.3 Å². The van der Waals surface area contributed by atoms with Gasteiger partial charge in [0.15, 0.2) is 0 Å². The largest absolute Gasteiger partial charge is 0.744 e. The van der Waals surface area contributed by atoms with Crippen molar-refractivity contribution in [3.05, 3.63) is 24.3 Å². The van der Waals surface area contributed by atoms with Crippen LogP contribution in [0.4, 0.5) is 13.2 Å². The van der Waals surface area contributed by atoms with Crippen molar-refractivity contribution >= 4 is 10.1 Å². The van der Waals surface area contributed by atoms with E-state index in [0.29, 0.717) is 18.8 Å². The van der Waals surface area contributed by atoms with Gasteiger partial charge in [-0.25, -0.2) is 8.42 Å². The van der Waals surface area contributed by atoms with Crippen LogP contribution in [0.1, 0.15) is 51.4 Å². The summed E-state index contributed by atoms with van der Waals surface area (Å²) in [5.41, 5.74) is 0. The minimum Gasteiger partial charge on any atom is -0.744 e. The molecule has 0 atom stereocenters. The van der Waals surface area contributed by atoms with E-state index in [4.69, 9.17) is 4.74 Å². The third-order valence-corrected chi connectivity index (χ3v) is 4.34. The summed E-state index contributed by atoms with van der Waals surface area (Å²) >= 11 is 0. The summed E-state index contributed by atoms with van der Waals surface area (Å²) in [6, 6.07) is 5.29. The first-order valence-electron chi connectivity index (χ1n) is 7.94. The van der Waals surface area contributed by atoms with Gasteiger partial charge in [-0.1, -0.05) is 32.1 Å². The Morgan fingerprint density at radius 3 is 1.88 bits per heavy atom. The van der Waals surface area contributed by atoms with E-state index >= 15 is 0 Å². The minimum absolute atomic E-state index is 0.196. The Morgan fingerprint density at radius 1 is 0.875 bits per heavy atom. The first-order valence-corrected chi connectivity index (χ1v) is 9.35. The fourth-order valence-electron chi connectivity index (χ4n) is 2.20. The SMILES string of the molecule is O=S(=O)([O-])c1ccc(OCCCCCCCCCC(F)(F)F)cc1. The molecule has 0 aliphatic rings. The van der Waals surface area contributed by atoms with E-state index in [0.717, 1.165) is 32.1 Å². The fraction of sp³-hybridized carbons (Fsp3) is 0.625. The van der Waals surface area contributed by atoms with Gasteiger partial charge < -0.3 is 9.29 Å². The van der Waals surface area contributed by atoms with Crippen LogP contribution >= 0.6 is 0 Å². The van der Waals surface area contributed by atoms with Crippen molar-refractivity contribution in [2.75, 3.05) is 6.61 Å². The van der Waals surface area contributed by atoms with Gasteiger partial charge in [0.2, 0.25) is 0 Å². The number of halogens is 3. The molecule has 1 aromatic rings. The monoisotopic (exact) mass is 367 g/mol. The summed E-state index contributed by atoms with van der Waals surface area (Å²) in [5, 5.41) is 0. The molecule has 0 N–H and O–H groups in total. The van der Waals surface area contributed by atoms with Gasteiger partial charge in [0.1, 0.15) is 15.9 Å². The Hall–Kier alpha value is -1.28. The van der Waals surface area contributed by atoms with Crippen molar-refractivity contribution in [3.8, 4) is 5.75 Å². The number of hydrogen-bond acceptors (Lipinski definition) is 4. The first-order chi connectivity index (χ1) is 11.2. The Morgan fingerprint density at radius 2 is 1.38 bits per heavy atom. The second-order valence-corrected chi connectivity index (χ2v) is 6.99. The highest BCUT2D eigenvalue weighted by Gasteiger charge is 2.25. The zero-order chi connectivity index (χ0) is 18.1. The van der Waals surface area contributed by atoms with E-state index in [9.17, 15) is 26.1 Å². The number of hydrogen-bond donors (Lipinski definition) is 0. The second-order valence-electron chi connectivity index (χ2n) is 5.61. The third kappa shape index (κ3) is 9.77. The topological polar surface area (TPSA) is 66.4 Å². The third-order valence-electron chi connectivity index (χ3n) is 3.49. The average Bonchev–Trinajstić information content (AvgIpc) is 2.47. The van der Waals surface area contributed by atoms with Crippen LogP contribution in [0.3, 0.4) is 0 Å². The van der Waals surface area contributed by atoms with Gasteiger partial charge in [-0.2, -0.15) is 13.2 Å².